The third kappa shape index (κ3) is 4.31. The van der Waals surface area contributed by atoms with Crippen molar-refractivity contribution in [3.05, 3.63) is 29.3 Å². The summed E-state index contributed by atoms with van der Waals surface area (Å²) >= 11 is 0. The Morgan fingerprint density at radius 1 is 1.33 bits per heavy atom. The maximum absolute atomic E-state index is 5.65. The molecular formula is C15H26N2O. The van der Waals surface area contributed by atoms with Crippen molar-refractivity contribution in [3.8, 4) is 5.75 Å². The summed E-state index contributed by atoms with van der Waals surface area (Å²) in [7, 11) is 5.93. The average molecular weight is 250 g/mol. The third-order valence-corrected chi connectivity index (χ3v) is 3.27. The van der Waals surface area contributed by atoms with Crippen LogP contribution in [0.4, 0.5) is 0 Å². The van der Waals surface area contributed by atoms with Crippen LogP contribution in [0.2, 0.25) is 0 Å². The molecule has 1 aromatic rings. The Morgan fingerprint density at radius 3 is 2.61 bits per heavy atom. The van der Waals surface area contributed by atoms with Crippen molar-refractivity contribution in [2.24, 2.45) is 5.73 Å². The predicted molar refractivity (Wildman–Crippen MR) is 77.3 cm³/mol. The standard InChI is InChI=1S/C15H26N2O/c1-12(7-9-16)14-11-13(8-10-17(2)3)5-6-15(14)18-4/h5-6,11-12H,7-10,16H2,1-4H3. The normalized spacial score (nSPS) is 12.8. The van der Waals surface area contributed by atoms with Gasteiger partial charge in [0.25, 0.3) is 0 Å². The lowest BCUT2D eigenvalue weighted by Crippen LogP contribution is -2.15. The number of ether oxygens (including phenoxy) is 1. The fraction of sp³-hybridized carbons (Fsp3) is 0.600. The SMILES string of the molecule is COc1ccc(CCN(C)C)cc1C(C)CCN. The Hall–Kier alpha value is -1.06. The largest absolute Gasteiger partial charge is 0.496 e. The molecule has 2 N–H and O–H groups in total. The molecule has 0 bridgehead atoms. The zero-order valence-corrected chi connectivity index (χ0v) is 12.1. The summed E-state index contributed by atoms with van der Waals surface area (Å²) in [5, 5.41) is 0. The maximum Gasteiger partial charge on any atom is 0.122 e. The topological polar surface area (TPSA) is 38.5 Å². The first-order valence-electron chi connectivity index (χ1n) is 6.60. The zero-order chi connectivity index (χ0) is 13.5. The van der Waals surface area contributed by atoms with E-state index in [1.807, 2.05) is 0 Å². The van der Waals surface area contributed by atoms with Crippen LogP contribution in [0, 0.1) is 0 Å². The molecule has 0 amide bonds. The van der Waals surface area contributed by atoms with Crippen LogP contribution in [0.5, 0.6) is 5.75 Å². The minimum absolute atomic E-state index is 0.448. The second kappa shape index (κ2) is 7.39. The summed E-state index contributed by atoms with van der Waals surface area (Å²) < 4.78 is 5.44. The molecule has 3 nitrogen and oxygen atoms in total. The smallest absolute Gasteiger partial charge is 0.122 e. The van der Waals surface area contributed by atoms with Crippen molar-refractivity contribution in [1.29, 1.82) is 0 Å². The molecule has 0 heterocycles. The number of rotatable bonds is 7. The highest BCUT2D eigenvalue weighted by Gasteiger charge is 2.11. The monoisotopic (exact) mass is 250 g/mol. The first kappa shape index (κ1) is 15.0. The van der Waals surface area contributed by atoms with Crippen LogP contribution < -0.4 is 10.5 Å². The number of hydrogen-bond acceptors (Lipinski definition) is 3. The van der Waals surface area contributed by atoms with Gasteiger partial charge in [-0.2, -0.15) is 0 Å². The lowest BCUT2D eigenvalue weighted by atomic mass is 9.94. The fourth-order valence-electron chi connectivity index (χ4n) is 2.08. The molecule has 1 atom stereocenters. The van der Waals surface area contributed by atoms with Crippen molar-refractivity contribution < 1.29 is 4.74 Å². The van der Waals surface area contributed by atoms with Gasteiger partial charge in [0.15, 0.2) is 0 Å². The number of hydrogen-bond donors (Lipinski definition) is 1. The molecule has 102 valence electrons. The van der Waals surface area contributed by atoms with Gasteiger partial charge in [0, 0.05) is 6.54 Å². The quantitative estimate of drug-likeness (QED) is 0.806. The molecule has 18 heavy (non-hydrogen) atoms. The van der Waals surface area contributed by atoms with Crippen molar-refractivity contribution in [2.45, 2.75) is 25.7 Å². The molecule has 0 spiro atoms. The Kier molecular flexibility index (Phi) is 6.16. The maximum atomic E-state index is 5.65. The van der Waals surface area contributed by atoms with E-state index in [0.29, 0.717) is 12.5 Å². The van der Waals surface area contributed by atoms with Crippen molar-refractivity contribution in [2.75, 3.05) is 34.3 Å². The van der Waals surface area contributed by atoms with E-state index in [4.69, 9.17) is 10.5 Å². The number of methoxy groups -OCH3 is 1. The molecule has 0 saturated heterocycles. The van der Waals surface area contributed by atoms with Gasteiger partial charge < -0.3 is 15.4 Å². The van der Waals surface area contributed by atoms with Gasteiger partial charge in [0.05, 0.1) is 7.11 Å². The highest BCUT2D eigenvalue weighted by atomic mass is 16.5. The minimum Gasteiger partial charge on any atom is -0.496 e. The van der Waals surface area contributed by atoms with Gasteiger partial charge in [-0.3, -0.25) is 0 Å². The van der Waals surface area contributed by atoms with Gasteiger partial charge in [-0.1, -0.05) is 19.1 Å². The van der Waals surface area contributed by atoms with Crippen LogP contribution in [0.3, 0.4) is 0 Å². The molecule has 1 unspecified atom stereocenters. The zero-order valence-electron chi connectivity index (χ0n) is 12.1. The van der Waals surface area contributed by atoms with Crippen LogP contribution in [-0.2, 0) is 6.42 Å². The minimum atomic E-state index is 0.448. The van der Waals surface area contributed by atoms with E-state index >= 15 is 0 Å². The summed E-state index contributed by atoms with van der Waals surface area (Å²) in [6.07, 6.45) is 2.06. The van der Waals surface area contributed by atoms with E-state index < -0.39 is 0 Å². The molecule has 0 aromatic heterocycles. The van der Waals surface area contributed by atoms with Crippen molar-refractivity contribution >= 4 is 0 Å². The Morgan fingerprint density at radius 2 is 2.06 bits per heavy atom. The second-order valence-corrected chi connectivity index (χ2v) is 5.11. The van der Waals surface area contributed by atoms with Crippen LogP contribution >= 0.6 is 0 Å². The first-order chi connectivity index (χ1) is 8.58. The van der Waals surface area contributed by atoms with Gasteiger partial charge in [-0.15, -0.1) is 0 Å². The molecule has 0 radical (unpaired) electrons. The van der Waals surface area contributed by atoms with Gasteiger partial charge in [0.2, 0.25) is 0 Å². The molecule has 3 heteroatoms. The van der Waals surface area contributed by atoms with E-state index in [1.165, 1.54) is 11.1 Å². The Bertz CT molecular complexity index is 364. The average Bonchev–Trinajstić information content (AvgIpc) is 2.36. The van der Waals surface area contributed by atoms with Crippen molar-refractivity contribution in [1.82, 2.24) is 4.90 Å². The fourth-order valence-corrected chi connectivity index (χ4v) is 2.08. The van der Waals surface area contributed by atoms with Crippen LogP contribution in [0.1, 0.15) is 30.4 Å². The van der Waals surface area contributed by atoms with Gasteiger partial charge in [-0.25, -0.2) is 0 Å². The van der Waals surface area contributed by atoms with Crippen molar-refractivity contribution in [3.63, 3.8) is 0 Å². The molecule has 0 aliphatic carbocycles. The molecular weight excluding hydrogens is 224 g/mol. The number of nitrogens with two attached hydrogens (primary N) is 1. The van der Waals surface area contributed by atoms with E-state index in [0.717, 1.165) is 25.1 Å². The van der Waals surface area contributed by atoms with E-state index in [2.05, 4.69) is 44.1 Å². The second-order valence-electron chi connectivity index (χ2n) is 5.11. The molecule has 0 fully saturated rings. The first-order valence-corrected chi connectivity index (χ1v) is 6.60. The Balaban J connectivity index is 2.87. The number of likely N-dealkylation sites (N-methyl/N-ethyl adjacent to an activating group) is 1. The molecule has 0 saturated carbocycles. The number of nitrogens with zero attached hydrogens (tertiary/aromatic N) is 1. The lowest BCUT2D eigenvalue weighted by Gasteiger charge is -2.17. The number of benzene rings is 1. The highest BCUT2D eigenvalue weighted by Crippen LogP contribution is 2.29. The molecule has 0 aliphatic rings. The molecule has 1 rings (SSSR count). The Labute approximate surface area is 111 Å². The van der Waals surface area contributed by atoms with Gasteiger partial charge >= 0.3 is 0 Å². The van der Waals surface area contributed by atoms with E-state index in [-0.39, 0.29) is 0 Å². The summed E-state index contributed by atoms with van der Waals surface area (Å²) in [5.74, 6) is 1.42. The third-order valence-electron chi connectivity index (χ3n) is 3.27. The van der Waals surface area contributed by atoms with E-state index in [9.17, 15) is 0 Å². The lowest BCUT2D eigenvalue weighted by molar-refractivity contribution is 0.403. The van der Waals surface area contributed by atoms with Gasteiger partial charge in [0.1, 0.15) is 5.75 Å². The molecule has 0 aliphatic heterocycles. The van der Waals surface area contributed by atoms with Crippen LogP contribution in [0.25, 0.3) is 0 Å². The van der Waals surface area contributed by atoms with E-state index in [1.54, 1.807) is 7.11 Å². The summed E-state index contributed by atoms with van der Waals surface area (Å²) in [5.41, 5.74) is 8.29. The summed E-state index contributed by atoms with van der Waals surface area (Å²) in [4.78, 5) is 2.20. The summed E-state index contributed by atoms with van der Waals surface area (Å²) in [6.45, 7) is 3.99. The van der Waals surface area contributed by atoms with Gasteiger partial charge in [-0.05, 0) is 56.6 Å². The van der Waals surface area contributed by atoms with Crippen LogP contribution in [-0.4, -0.2) is 39.2 Å². The predicted octanol–water partition coefficient (Wildman–Crippen LogP) is 2.25. The summed E-state index contributed by atoms with van der Waals surface area (Å²) in [6, 6.07) is 6.50. The molecule has 1 aromatic carbocycles. The highest BCUT2D eigenvalue weighted by molar-refractivity contribution is 5.39. The van der Waals surface area contributed by atoms with Crippen LogP contribution in [0.15, 0.2) is 18.2 Å².